The standard InChI is InChI=1S/C16H12O6/c1-7-10(18)6-12-14(15(7)20)16(21)13(22-12)5-8-2-3-9(17)11(19)4-8/h2-6,17-20H,1H3. The maximum absolute atomic E-state index is 12.3. The number of Topliss-reactive ketones (excluding diaryl/α,β-unsaturated/α-hetero) is 1. The fourth-order valence-corrected chi connectivity index (χ4v) is 2.19. The van der Waals surface area contributed by atoms with Crippen molar-refractivity contribution in [2.75, 3.05) is 0 Å². The largest absolute Gasteiger partial charge is 0.507 e. The molecule has 6 nitrogen and oxygen atoms in total. The predicted octanol–water partition coefficient (Wildman–Crippen LogP) is 2.43. The van der Waals surface area contributed by atoms with Crippen LogP contribution in [0.5, 0.6) is 28.7 Å². The third-order valence-electron chi connectivity index (χ3n) is 3.46. The lowest BCUT2D eigenvalue weighted by Gasteiger charge is -2.05. The van der Waals surface area contributed by atoms with Crippen molar-refractivity contribution in [1.82, 2.24) is 0 Å². The number of hydrogen-bond acceptors (Lipinski definition) is 6. The molecule has 1 aliphatic heterocycles. The van der Waals surface area contributed by atoms with Crippen LogP contribution in [0, 0.1) is 6.92 Å². The molecule has 6 heteroatoms. The van der Waals surface area contributed by atoms with Gasteiger partial charge in [0.05, 0.1) is 0 Å². The molecule has 0 aromatic heterocycles. The molecule has 0 amide bonds. The van der Waals surface area contributed by atoms with Crippen LogP contribution < -0.4 is 4.74 Å². The van der Waals surface area contributed by atoms with Gasteiger partial charge in [0.1, 0.15) is 22.8 Å². The first-order chi connectivity index (χ1) is 10.4. The molecule has 0 atom stereocenters. The Labute approximate surface area is 125 Å². The van der Waals surface area contributed by atoms with Gasteiger partial charge in [0.15, 0.2) is 17.3 Å². The summed E-state index contributed by atoms with van der Waals surface area (Å²) in [5.74, 6) is -1.61. The first-order valence-corrected chi connectivity index (χ1v) is 6.40. The number of phenols is 4. The molecule has 1 heterocycles. The molecule has 1 aliphatic rings. The van der Waals surface area contributed by atoms with Gasteiger partial charge in [0, 0.05) is 11.6 Å². The Morgan fingerprint density at radius 3 is 2.41 bits per heavy atom. The third kappa shape index (κ3) is 2.01. The summed E-state index contributed by atoms with van der Waals surface area (Å²) in [6.07, 6.45) is 1.37. The van der Waals surface area contributed by atoms with Crippen LogP contribution in [0.15, 0.2) is 30.0 Å². The van der Waals surface area contributed by atoms with Gasteiger partial charge in [-0.15, -0.1) is 0 Å². The highest BCUT2D eigenvalue weighted by molar-refractivity contribution is 6.16. The fourth-order valence-electron chi connectivity index (χ4n) is 2.19. The number of fused-ring (bicyclic) bond motifs is 1. The van der Waals surface area contributed by atoms with Crippen molar-refractivity contribution in [3.05, 3.63) is 46.7 Å². The van der Waals surface area contributed by atoms with E-state index in [4.69, 9.17) is 4.74 Å². The molecule has 0 spiro atoms. The number of carbonyl (C=O) groups is 1. The molecule has 0 fully saturated rings. The molecule has 0 radical (unpaired) electrons. The second kappa shape index (κ2) is 4.70. The number of aromatic hydroxyl groups is 4. The fraction of sp³-hybridized carbons (Fsp3) is 0.0625. The highest BCUT2D eigenvalue weighted by Gasteiger charge is 2.32. The van der Waals surface area contributed by atoms with Crippen LogP contribution in [0.1, 0.15) is 21.5 Å². The molecule has 2 aromatic carbocycles. The highest BCUT2D eigenvalue weighted by Crippen LogP contribution is 2.43. The number of carbonyl (C=O) groups excluding carboxylic acids is 1. The number of ketones is 1. The van der Waals surface area contributed by atoms with Crippen molar-refractivity contribution in [3.8, 4) is 28.7 Å². The van der Waals surface area contributed by atoms with Gasteiger partial charge >= 0.3 is 0 Å². The SMILES string of the molecule is Cc1c(O)cc2c(c1O)C(=O)C(=Cc1ccc(O)c(O)c1)O2. The summed E-state index contributed by atoms with van der Waals surface area (Å²) in [5, 5.41) is 38.4. The van der Waals surface area contributed by atoms with Gasteiger partial charge in [-0.05, 0) is 30.7 Å². The first-order valence-electron chi connectivity index (χ1n) is 6.40. The second-order valence-electron chi connectivity index (χ2n) is 4.93. The summed E-state index contributed by atoms with van der Waals surface area (Å²) < 4.78 is 5.36. The first kappa shape index (κ1) is 13.8. The minimum atomic E-state index is -0.525. The van der Waals surface area contributed by atoms with Gasteiger partial charge < -0.3 is 25.2 Å². The van der Waals surface area contributed by atoms with E-state index in [1.807, 2.05) is 0 Å². The van der Waals surface area contributed by atoms with Gasteiger partial charge in [-0.25, -0.2) is 0 Å². The second-order valence-corrected chi connectivity index (χ2v) is 4.93. The lowest BCUT2D eigenvalue weighted by atomic mass is 10.0. The average Bonchev–Trinajstić information content (AvgIpc) is 2.77. The molecule has 0 bridgehead atoms. The summed E-state index contributed by atoms with van der Waals surface area (Å²) in [4.78, 5) is 12.3. The average molecular weight is 300 g/mol. The normalized spacial score (nSPS) is 15.0. The van der Waals surface area contributed by atoms with E-state index in [2.05, 4.69) is 0 Å². The minimum Gasteiger partial charge on any atom is -0.507 e. The molecule has 0 aliphatic carbocycles. The summed E-state index contributed by atoms with van der Waals surface area (Å²) in [5.41, 5.74) is 0.621. The molecule has 4 N–H and O–H groups in total. The maximum atomic E-state index is 12.3. The number of rotatable bonds is 1. The Hall–Kier alpha value is -3.15. The van der Waals surface area contributed by atoms with Gasteiger partial charge in [-0.2, -0.15) is 0 Å². The smallest absolute Gasteiger partial charge is 0.235 e. The third-order valence-corrected chi connectivity index (χ3v) is 3.46. The quantitative estimate of drug-likeness (QED) is 0.476. The number of benzene rings is 2. The molecule has 112 valence electrons. The summed E-state index contributed by atoms with van der Waals surface area (Å²) in [6.45, 7) is 1.48. The summed E-state index contributed by atoms with van der Waals surface area (Å²) in [7, 11) is 0. The van der Waals surface area contributed by atoms with E-state index in [0.29, 0.717) is 5.56 Å². The molecule has 0 saturated heterocycles. The summed E-state index contributed by atoms with van der Waals surface area (Å²) in [6, 6.07) is 5.30. The highest BCUT2D eigenvalue weighted by atomic mass is 16.5. The Kier molecular flexibility index (Phi) is 2.95. The van der Waals surface area contributed by atoms with Crippen LogP contribution in [0.2, 0.25) is 0 Å². The number of ether oxygens (including phenoxy) is 1. The van der Waals surface area contributed by atoms with Crippen LogP contribution in [-0.4, -0.2) is 26.2 Å². The summed E-state index contributed by atoms with van der Waals surface area (Å²) >= 11 is 0. The topological polar surface area (TPSA) is 107 Å². The van der Waals surface area contributed by atoms with Crippen LogP contribution in [0.25, 0.3) is 6.08 Å². The van der Waals surface area contributed by atoms with E-state index in [1.165, 1.54) is 37.3 Å². The van der Waals surface area contributed by atoms with Gasteiger partial charge in [-0.3, -0.25) is 4.79 Å². The minimum absolute atomic E-state index is 0.00968. The van der Waals surface area contributed by atoms with Crippen LogP contribution in [-0.2, 0) is 0 Å². The number of phenolic OH excluding ortho intramolecular Hbond substituents is 4. The molecule has 3 rings (SSSR count). The van der Waals surface area contributed by atoms with Crippen LogP contribution in [0.4, 0.5) is 0 Å². The molecule has 0 unspecified atom stereocenters. The maximum Gasteiger partial charge on any atom is 0.235 e. The number of allylic oxidation sites excluding steroid dienone is 1. The number of hydrogen-bond donors (Lipinski definition) is 4. The molecular formula is C16H12O6. The zero-order valence-electron chi connectivity index (χ0n) is 11.5. The Morgan fingerprint density at radius 1 is 1.00 bits per heavy atom. The van der Waals surface area contributed by atoms with Crippen LogP contribution >= 0.6 is 0 Å². The Bertz CT molecular complexity index is 835. The van der Waals surface area contributed by atoms with E-state index in [1.54, 1.807) is 0 Å². The predicted molar refractivity (Wildman–Crippen MR) is 77.2 cm³/mol. The van der Waals surface area contributed by atoms with Crippen molar-refractivity contribution < 1.29 is 30.0 Å². The van der Waals surface area contributed by atoms with Gasteiger partial charge in [0.25, 0.3) is 0 Å². The van der Waals surface area contributed by atoms with E-state index >= 15 is 0 Å². The van der Waals surface area contributed by atoms with Gasteiger partial charge in [-0.1, -0.05) is 6.07 Å². The van der Waals surface area contributed by atoms with Crippen molar-refractivity contribution in [2.45, 2.75) is 6.92 Å². The van der Waals surface area contributed by atoms with Crippen molar-refractivity contribution in [2.24, 2.45) is 0 Å². The molecular weight excluding hydrogens is 288 g/mol. The van der Waals surface area contributed by atoms with E-state index < -0.39 is 5.78 Å². The molecule has 2 aromatic rings. The van der Waals surface area contributed by atoms with Crippen molar-refractivity contribution >= 4 is 11.9 Å². The van der Waals surface area contributed by atoms with E-state index in [9.17, 15) is 25.2 Å². The Morgan fingerprint density at radius 2 is 1.73 bits per heavy atom. The lowest BCUT2D eigenvalue weighted by molar-refractivity contribution is 0.101. The van der Waals surface area contributed by atoms with Crippen molar-refractivity contribution in [3.63, 3.8) is 0 Å². The molecule has 22 heavy (non-hydrogen) atoms. The lowest BCUT2D eigenvalue weighted by Crippen LogP contribution is -1.98. The Balaban J connectivity index is 2.05. The molecule has 0 saturated carbocycles. The monoisotopic (exact) mass is 300 g/mol. The van der Waals surface area contributed by atoms with Crippen molar-refractivity contribution in [1.29, 1.82) is 0 Å². The van der Waals surface area contributed by atoms with Crippen LogP contribution in [0.3, 0.4) is 0 Å². The van der Waals surface area contributed by atoms with E-state index in [0.717, 1.165) is 0 Å². The van der Waals surface area contributed by atoms with E-state index in [-0.39, 0.29) is 45.6 Å². The zero-order chi connectivity index (χ0) is 16.0. The van der Waals surface area contributed by atoms with Gasteiger partial charge in [0.2, 0.25) is 5.78 Å². The zero-order valence-corrected chi connectivity index (χ0v) is 11.5.